The molecule has 0 saturated carbocycles. The molecule has 0 spiro atoms. The second-order valence-electron chi connectivity index (χ2n) is 6.08. The molecule has 2 aromatic rings. The van der Waals surface area contributed by atoms with E-state index in [0.717, 1.165) is 17.7 Å². The number of nitrogens with zero attached hydrogens (tertiary/aromatic N) is 1. The van der Waals surface area contributed by atoms with Crippen LogP contribution in [0.3, 0.4) is 0 Å². The summed E-state index contributed by atoms with van der Waals surface area (Å²) in [5, 5.41) is 2.41. The lowest BCUT2D eigenvalue weighted by Gasteiger charge is -2.17. The highest BCUT2D eigenvalue weighted by atomic mass is 19.1. The van der Waals surface area contributed by atoms with E-state index < -0.39 is 11.9 Å². The van der Waals surface area contributed by atoms with Gasteiger partial charge in [-0.2, -0.15) is 0 Å². The van der Waals surface area contributed by atoms with Crippen LogP contribution in [0, 0.1) is 5.82 Å². The quantitative estimate of drug-likeness (QED) is 0.709. The Morgan fingerprint density at radius 3 is 2.52 bits per heavy atom. The monoisotopic (exact) mass is 370 g/mol. The van der Waals surface area contributed by atoms with Gasteiger partial charge in [0.15, 0.2) is 0 Å². The first-order chi connectivity index (χ1) is 13.0. The van der Waals surface area contributed by atoms with Crippen LogP contribution < -0.4 is 21.1 Å². The Kier molecular flexibility index (Phi) is 5.65. The molecule has 0 fully saturated rings. The molecule has 2 aromatic carbocycles. The Balaban J connectivity index is 1.40. The molecule has 1 aliphatic heterocycles. The second kappa shape index (κ2) is 8.31. The van der Waals surface area contributed by atoms with Crippen LogP contribution in [0.5, 0.6) is 0 Å². The molecule has 0 bridgehead atoms. The van der Waals surface area contributed by atoms with E-state index in [1.54, 1.807) is 4.90 Å². The standard InChI is InChI=1S/C19H19FN4O3/c20-15-7-5-13(6-8-15)11-17(25)22-23-19(27)21-12-18(26)24-10-9-14-3-1-2-4-16(14)24/h1-8H,9-12H2,(H,22,25)(H2,21,23,27). The van der Waals surface area contributed by atoms with E-state index in [4.69, 9.17) is 0 Å². The number of hydrogen-bond acceptors (Lipinski definition) is 3. The van der Waals surface area contributed by atoms with Crippen LogP contribution in [0.25, 0.3) is 0 Å². The molecule has 1 aliphatic rings. The van der Waals surface area contributed by atoms with Gasteiger partial charge in [-0.3, -0.25) is 15.0 Å². The average Bonchev–Trinajstić information content (AvgIpc) is 3.10. The maximum Gasteiger partial charge on any atom is 0.333 e. The Labute approximate surface area is 155 Å². The normalized spacial score (nSPS) is 12.3. The molecule has 0 aliphatic carbocycles. The molecule has 0 atom stereocenters. The lowest BCUT2D eigenvalue weighted by Crippen LogP contribution is -2.50. The maximum absolute atomic E-state index is 12.8. The van der Waals surface area contributed by atoms with Crippen LogP contribution in [-0.4, -0.2) is 30.9 Å². The molecule has 7 nitrogen and oxygen atoms in total. The summed E-state index contributed by atoms with van der Waals surface area (Å²) >= 11 is 0. The molecule has 8 heteroatoms. The lowest BCUT2D eigenvalue weighted by atomic mass is 10.1. The van der Waals surface area contributed by atoms with Crippen molar-refractivity contribution < 1.29 is 18.8 Å². The van der Waals surface area contributed by atoms with Gasteiger partial charge < -0.3 is 10.2 Å². The van der Waals surface area contributed by atoms with Crippen LogP contribution in [0.1, 0.15) is 11.1 Å². The summed E-state index contributed by atoms with van der Waals surface area (Å²) < 4.78 is 12.8. The number of halogens is 1. The van der Waals surface area contributed by atoms with Gasteiger partial charge >= 0.3 is 6.03 Å². The van der Waals surface area contributed by atoms with Crippen molar-refractivity contribution in [2.45, 2.75) is 12.8 Å². The highest BCUT2D eigenvalue weighted by Gasteiger charge is 2.24. The number of hydrazine groups is 1. The van der Waals surface area contributed by atoms with E-state index in [1.807, 2.05) is 24.3 Å². The maximum atomic E-state index is 12.8. The number of fused-ring (bicyclic) bond motifs is 1. The molecule has 27 heavy (non-hydrogen) atoms. The summed E-state index contributed by atoms with van der Waals surface area (Å²) in [6.45, 7) is 0.393. The molecular formula is C19H19FN4O3. The van der Waals surface area contributed by atoms with Crippen molar-refractivity contribution in [3.05, 3.63) is 65.5 Å². The van der Waals surface area contributed by atoms with Crippen molar-refractivity contribution in [1.82, 2.24) is 16.2 Å². The lowest BCUT2D eigenvalue weighted by molar-refractivity contribution is -0.121. The first-order valence-corrected chi connectivity index (χ1v) is 8.48. The second-order valence-corrected chi connectivity index (χ2v) is 6.08. The minimum absolute atomic E-state index is 0.00987. The zero-order chi connectivity index (χ0) is 19.2. The highest BCUT2D eigenvalue weighted by Crippen LogP contribution is 2.27. The first kappa shape index (κ1) is 18.4. The summed E-state index contributed by atoms with van der Waals surface area (Å²) in [6.07, 6.45) is 0.775. The summed E-state index contributed by atoms with van der Waals surface area (Å²) in [7, 11) is 0. The molecule has 3 N–H and O–H groups in total. The Morgan fingerprint density at radius 2 is 1.74 bits per heavy atom. The van der Waals surface area contributed by atoms with Crippen molar-refractivity contribution in [2.24, 2.45) is 0 Å². The topological polar surface area (TPSA) is 90.5 Å². The zero-order valence-electron chi connectivity index (χ0n) is 14.5. The molecule has 140 valence electrons. The van der Waals surface area contributed by atoms with E-state index >= 15 is 0 Å². The van der Waals surface area contributed by atoms with Gasteiger partial charge in [0, 0.05) is 12.2 Å². The fraction of sp³-hybridized carbons (Fsp3) is 0.211. The van der Waals surface area contributed by atoms with Crippen molar-refractivity contribution >= 4 is 23.5 Å². The number of para-hydroxylation sites is 1. The summed E-state index contributed by atoms with van der Waals surface area (Å²) in [4.78, 5) is 37.4. The van der Waals surface area contributed by atoms with Gasteiger partial charge in [0.05, 0.1) is 13.0 Å². The van der Waals surface area contributed by atoms with Crippen molar-refractivity contribution in [1.29, 1.82) is 0 Å². The number of rotatable bonds is 4. The fourth-order valence-corrected chi connectivity index (χ4v) is 2.85. The third-order valence-corrected chi connectivity index (χ3v) is 4.18. The van der Waals surface area contributed by atoms with E-state index in [-0.39, 0.29) is 24.7 Å². The number of benzene rings is 2. The first-order valence-electron chi connectivity index (χ1n) is 8.48. The predicted octanol–water partition coefficient (Wildman–Crippen LogP) is 1.29. The third kappa shape index (κ3) is 4.81. The minimum atomic E-state index is -0.691. The van der Waals surface area contributed by atoms with Gasteiger partial charge in [-0.15, -0.1) is 0 Å². The molecule has 3 rings (SSSR count). The molecular weight excluding hydrogens is 351 g/mol. The van der Waals surface area contributed by atoms with Gasteiger partial charge in [0.2, 0.25) is 11.8 Å². The SMILES string of the molecule is O=C(Cc1ccc(F)cc1)NNC(=O)NCC(=O)N1CCc2ccccc21. The van der Waals surface area contributed by atoms with Gasteiger partial charge in [-0.1, -0.05) is 30.3 Å². The summed E-state index contributed by atoms with van der Waals surface area (Å²) in [6, 6.07) is 12.4. The number of hydrogen-bond donors (Lipinski definition) is 3. The number of anilines is 1. The molecule has 0 aromatic heterocycles. The molecule has 0 unspecified atom stereocenters. The largest absolute Gasteiger partial charge is 0.333 e. The molecule has 1 heterocycles. The number of carbonyl (C=O) groups excluding carboxylic acids is 3. The number of urea groups is 1. The van der Waals surface area contributed by atoms with Gasteiger partial charge in [-0.05, 0) is 35.7 Å². The van der Waals surface area contributed by atoms with E-state index in [2.05, 4.69) is 16.2 Å². The minimum Gasteiger partial charge on any atom is -0.328 e. The van der Waals surface area contributed by atoms with E-state index in [9.17, 15) is 18.8 Å². The molecule has 0 radical (unpaired) electrons. The Bertz CT molecular complexity index is 854. The van der Waals surface area contributed by atoms with Crippen LogP contribution in [0.2, 0.25) is 0 Å². The Morgan fingerprint density at radius 1 is 1.00 bits per heavy atom. The Hall–Kier alpha value is -3.42. The zero-order valence-corrected chi connectivity index (χ0v) is 14.5. The van der Waals surface area contributed by atoms with E-state index in [1.165, 1.54) is 24.3 Å². The summed E-state index contributed by atoms with van der Waals surface area (Å²) in [5.41, 5.74) is 6.99. The van der Waals surface area contributed by atoms with Gasteiger partial charge in [0.1, 0.15) is 5.82 Å². The highest BCUT2D eigenvalue weighted by molar-refractivity contribution is 5.98. The van der Waals surface area contributed by atoms with Crippen molar-refractivity contribution in [2.75, 3.05) is 18.0 Å². The van der Waals surface area contributed by atoms with Crippen LogP contribution in [0.15, 0.2) is 48.5 Å². The number of carbonyl (C=O) groups is 3. The third-order valence-electron chi connectivity index (χ3n) is 4.18. The van der Waals surface area contributed by atoms with E-state index in [0.29, 0.717) is 12.1 Å². The van der Waals surface area contributed by atoms with Gasteiger partial charge in [0.25, 0.3) is 0 Å². The molecule has 0 saturated heterocycles. The van der Waals surface area contributed by atoms with Crippen LogP contribution >= 0.6 is 0 Å². The molecule has 4 amide bonds. The summed E-state index contributed by atoms with van der Waals surface area (Å²) in [5.74, 6) is -1.08. The number of amides is 4. The van der Waals surface area contributed by atoms with Crippen LogP contribution in [-0.2, 0) is 22.4 Å². The van der Waals surface area contributed by atoms with Gasteiger partial charge in [-0.25, -0.2) is 14.6 Å². The fourth-order valence-electron chi connectivity index (χ4n) is 2.85. The van der Waals surface area contributed by atoms with Crippen molar-refractivity contribution in [3.8, 4) is 0 Å². The van der Waals surface area contributed by atoms with Crippen molar-refractivity contribution in [3.63, 3.8) is 0 Å². The number of nitrogens with one attached hydrogen (secondary N) is 3. The van der Waals surface area contributed by atoms with Crippen LogP contribution in [0.4, 0.5) is 14.9 Å². The average molecular weight is 370 g/mol. The smallest absolute Gasteiger partial charge is 0.328 e. The predicted molar refractivity (Wildman–Crippen MR) is 97.3 cm³/mol.